The first kappa shape index (κ1) is 15.4. The number of likely N-dealkylation sites (N-methyl/N-ethyl adjacent to an activating group) is 1. The highest BCUT2D eigenvalue weighted by atomic mass is 16.2. The van der Waals surface area contributed by atoms with Crippen molar-refractivity contribution in [1.82, 2.24) is 25.1 Å². The van der Waals surface area contributed by atoms with Crippen molar-refractivity contribution in [3.8, 4) is 0 Å². The van der Waals surface area contributed by atoms with Crippen LogP contribution in [0.2, 0.25) is 0 Å². The molecule has 1 aliphatic heterocycles. The molecule has 0 bridgehead atoms. The highest BCUT2D eigenvalue weighted by Gasteiger charge is 2.42. The molecule has 2 N–H and O–H groups in total. The summed E-state index contributed by atoms with van der Waals surface area (Å²) in [5.74, 6) is 1.09. The van der Waals surface area contributed by atoms with Crippen molar-refractivity contribution in [1.29, 1.82) is 0 Å². The second-order valence-corrected chi connectivity index (χ2v) is 5.74. The summed E-state index contributed by atoms with van der Waals surface area (Å²) in [5, 5.41) is 10.4. The van der Waals surface area contributed by atoms with Crippen LogP contribution in [0.5, 0.6) is 0 Å². The van der Waals surface area contributed by atoms with E-state index in [1.807, 2.05) is 24.7 Å². The van der Waals surface area contributed by atoms with Gasteiger partial charge in [-0.15, -0.1) is 0 Å². The summed E-state index contributed by atoms with van der Waals surface area (Å²) >= 11 is 0. The van der Waals surface area contributed by atoms with E-state index in [0.717, 1.165) is 18.7 Å². The number of aryl methyl sites for hydroxylation is 1. The lowest BCUT2D eigenvalue weighted by atomic mass is 10.0. The van der Waals surface area contributed by atoms with Crippen molar-refractivity contribution in [3.63, 3.8) is 0 Å². The Morgan fingerprint density at radius 3 is 2.91 bits per heavy atom. The van der Waals surface area contributed by atoms with E-state index in [-0.39, 0.29) is 5.91 Å². The molecule has 0 aromatic carbocycles. The molecule has 8 heteroatoms. The number of aromatic nitrogens is 4. The minimum absolute atomic E-state index is 0.0310. The van der Waals surface area contributed by atoms with Gasteiger partial charge in [0.2, 0.25) is 11.9 Å². The first-order valence-corrected chi connectivity index (χ1v) is 7.69. The number of amides is 1. The van der Waals surface area contributed by atoms with Gasteiger partial charge in [0, 0.05) is 25.5 Å². The van der Waals surface area contributed by atoms with Crippen LogP contribution in [0.4, 0.5) is 17.5 Å². The van der Waals surface area contributed by atoms with Gasteiger partial charge in [0.1, 0.15) is 5.82 Å². The second kappa shape index (κ2) is 5.96. The fraction of sp³-hybridized carbons (Fsp3) is 0.467. The Kier molecular flexibility index (Phi) is 3.99. The highest BCUT2D eigenvalue weighted by Crippen LogP contribution is 2.27. The first-order chi connectivity index (χ1) is 11.1. The predicted molar refractivity (Wildman–Crippen MR) is 87.7 cm³/mol. The molecule has 0 spiro atoms. The summed E-state index contributed by atoms with van der Waals surface area (Å²) in [6.45, 7) is 5.37. The third-order valence-electron chi connectivity index (χ3n) is 4.24. The Hall–Kier alpha value is -2.48. The van der Waals surface area contributed by atoms with Crippen LogP contribution in [0.3, 0.4) is 0 Å². The molecule has 3 heterocycles. The molecule has 0 radical (unpaired) electrons. The van der Waals surface area contributed by atoms with E-state index >= 15 is 0 Å². The summed E-state index contributed by atoms with van der Waals surface area (Å²) in [6, 6.07) is 1.75. The van der Waals surface area contributed by atoms with Gasteiger partial charge in [-0.25, -0.2) is 4.98 Å². The van der Waals surface area contributed by atoms with Crippen molar-refractivity contribution < 1.29 is 4.79 Å². The fourth-order valence-corrected chi connectivity index (χ4v) is 2.58. The lowest BCUT2D eigenvalue weighted by Gasteiger charge is -2.22. The number of nitrogens with one attached hydrogen (secondary N) is 2. The number of nitrogens with zero attached hydrogens (tertiary/aromatic N) is 5. The number of hydrogen-bond donors (Lipinski definition) is 2. The van der Waals surface area contributed by atoms with Crippen molar-refractivity contribution in [2.75, 3.05) is 23.8 Å². The van der Waals surface area contributed by atoms with Crippen LogP contribution in [0, 0.1) is 0 Å². The van der Waals surface area contributed by atoms with E-state index in [1.165, 1.54) is 0 Å². The number of hydrogen-bond acceptors (Lipinski definition) is 6. The van der Waals surface area contributed by atoms with Crippen LogP contribution in [0.25, 0.3) is 0 Å². The van der Waals surface area contributed by atoms with Gasteiger partial charge in [-0.3, -0.25) is 14.4 Å². The Labute approximate surface area is 134 Å². The largest absolute Gasteiger partial charge is 0.321 e. The van der Waals surface area contributed by atoms with Gasteiger partial charge in [0.05, 0.1) is 17.4 Å². The topological polar surface area (TPSA) is 88.0 Å². The number of anilines is 3. The van der Waals surface area contributed by atoms with Crippen molar-refractivity contribution in [2.24, 2.45) is 0 Å². The van der Waals surface area contributed by atoms with E-state index < -0.39 is 5.54 Å². The van der Waals surface area contributed by atoms with Crippen LogP contribution >= 0.6 is 0 Å². The molecule has 1 atom stereocenters. The van der Waals surface area contributed by atoms with Gasteiger partial charge in [-0.1, -0.05) is 0 Å². The molecule has 0 saturated carbocycles. The summed E-state index contributed by atoms with van der Waals surface area (Å²) in [5.41, 5.74) is 0.290. The first-order valence-electron chi connectivity index (χ1n) is 7.69. The zero-order valence-corrected chi connectivity index (χ0v) is 13.6. The maximum absolute atomic E-state index is 12.5. The molecular weight excluding hydrogens is 294 g/mol. The van der Waals surface area contributed by atoms with E-state index in [4.69, 9.17) is 0 Å². The van der Waals surface area contributed by atoms with Gasteiger partial charge < -0.3 is 10.6 Å². The molecule has 1 saturated heterocycles. The third-order valence-corrected chi connectivity index (χ3v) is 4.24. The van der Waals surface area contributed by atoms with Crippen molar-refractivity contribution in [3.05, 3.63) is 24.7 Å². The summed E-state index contributed by atoms with van der Waals surface area (Å²) < 4.78 is 1.81. The minimum atomic E-state index is -0.527. The Morgan fingerprint density at radius 2 is 2.26 bits per heavy atom. The quantitative estimate of drug-likeness (QED) is 0.860. The van der Waals surface area contributed by atoms with Crippen LogP contribution in [0.15, 0.2) is 24.7 Å². The summed E-state index contributed by atoms with van der Waals surface area (Å²) in [7, 11) is 1.81. The molecule has 1 fully saturated rings. The molecule has 2 aromatic rings. The number of carbonyl (C=O) groups excluding carboxylic acids is 1. The molecule has 3 rings (SSSR count). The molecule has 1 aliphatic rings. The van der Waals surface area contributed by atoms with Gasteiger partial charge in [0.25, 0.3) is 0 Å². The van der Waals surface area contributed by atoms with Gasteiger partial charge >= 0.3 is 0 Å². The minimum Gasteiger partial charge on any atom is -0.321 e. The second-order valence-electron chi connectivity index (χ2n) is 5.74. The summed E-state index contributed by atoms with van der Waals surface area (Å²) in [4.78, 5) is 22.9. The van der Waals surface area contributed by atoms with Gasteiger partial charge in [-0.2, -0.15) is 10.1 Å². The average molecular weight is 315 g/mol. The Balaban J connectivity index is 1.79. The molecule has 2 aromatic heterocycles. The molecule has 0 unspecified atom stereocenters. The zero-order valence-electron chi connectivity index (χ0n) is 13.6. The monoisotopic (exact) mass is 315 g/mol. The summed E-state index contributed by atoms with van der Waals surface area (Å²) in [6.07, 6.45) is 6.00. The third kappa shape index (κ3) is 2.89. The maximum Gasteiger partial charge on any atom is 0.248 e. The standard InChI is InChI=1S/C15H21N7O/c1-4-21-10-11(9-18-21)19-14-17-7-5-12(20-14)22-8-6-15(2,16-3)13(22)23/h5,7,9-10,16H,4,6,8H2,1-3H3,(H,17,19,20)/t15-/m0/s1. The lowest BCUT2D eigenvalue weighted by Crippen LogP contribution is -2.47. The Bertz CT molecular complexity index is 713. The van der Waals surface area contributed by atoms with Gasteiger partial charge in [0.15, 0.2) is 0 Å². The predicted octanol–water partition coefficient (Wildman–Crippen LogP) is 1.15. The number of carbonyl (C=O) groups is 1. The molecule has 122 valence electrons. The molecule has 8 nitrogen and oxygen atoms in total. The SMILES string of the molecule is CCn1cc(Nc2nccc(N3CC[C@](C)(NC)C3=O)n2)cn1. The van der Waals surface area contributed by atoms with E-state index in [0.29, 0.717) is 18.3 Å². The van der Waals surface area contributed by atoms with Crippen LogP contribution in [-0.2, 0) is 11.3 Å². The Morgan fingerprint density at radius 1 is 1.43 bits per heavy atom. The lowest BCUT2D eigenvalue weighted by molar-refractivity contribution is -0.121. The fourth-order valence-electron chi connectivity index (χ4n) is 2.58. The van der Waals surface area contributed by atoms with Crippen LogP contribution < -0.4 is 15.5 Å². The van der Waals surface area contributed by atoms with Crippen LogP contribution in [0.1, 0.15) is 20.3 Å². The normalized spacial score (nSPS) is 21.0. The highest BCUT2D eigenvalue weighted by molar-refractivity contribution is 6.01. The average Bonchev–Trinajstić information content (AvgIpc) is 3.13. The smallest absolute Gasteiger partial charge is 0.248 e. The van der Waals surface area contributed by atoms with Crippen LogP contribution in [-0.4, -0.2) is 44.8 Å². The molecule has 23 heavy (non-hydrogen) atoms. The van der Waals surface area contributed by atoms with E-state index in [1.54, 1.807) is 30.4 Å². The molecular formula is C15H21N7O. The van der Waals surface area contributed by atoms with E-state index in [2.05, 4.69) is 25.7 Å². The maximum atomic E-state index is 12.5. The van der Waals surface area contributed by atoms with E-state index in [9.17, 15) is 4.79 Å². The zero-order chi connectivity index (χ0) is 16.4. The molecule has 0 aliphatic carbocycles. The van der Waals surface area contributed by atoms with Gasteiger partial charge in [-0.05, 0) is 33.4 Å². The van der Waals surface area contributed by atoms with Crippen molar-refractivity contribution in [2.45, 2.75) is 32.4 Å². The molecule has 1 amide bonds. The number of rotatable bonds is 5. The van der Waals surface area contributed by atoms with Crippen molar-refractivity contribution >= 4 is 23.4 Å².